The van der Waals surface area contributed by atoms with Gasteiger partial charge in [0.15, 0.2) is 0 Å². The molecule has 2 aromatic carbocycles. The molecule has 0 bridgehead atoms. The summed E-state index contributed by atoms with van der Waals surface area (Å²) in [6.45, 7) is 3.41. The van der Waals surface area contributed by atoms with E-state index in [-0.39, 0.29) is 5.91 Å². The summed E-state index contributed by atoms with van der Waals surface area (Å²) in [7, 11) is 0. The number of aryl methyl sites for hydroxylation is 1. The first kappa shape index (κ1) is 15.1. The van der Waals surface area contributed by atoms with Crippen LogP contribution in [0.5, 0.6) is 0 Å². The lowest BCUT2D eigenvalue weighted by Gasteiger charge is -2.26. The fourth-order valence-corrected chi connectivity index (χ4v) is 4.16. The van der Waals surface area contributed by atoms with Crippen molar-refractivity contribution in [3.05, 3.63) is 76.3 Å². The van der Waals surface area contributed by atoms with Crippen molar-refractivity contribution in [2.45, 2.75) is 19.9 Å². The van der Waals surface area contributed by atoms with Gasteiger partial charge in [0.05, 0.1) is 12.2 Å². The minimum absolute atomic E-state index is 0.110. The van der Waals surface area contributed by atoms with Crippen LogP contribution in [0, 0.1) is 6.92 Å². The molecular weight excluding hydrogens is 316 g/mol. The first-order chi connectivity index (χ1) is 11.7. The Balaban J connectivity index is 1.58. The molecule has 0 radical (unpaired) electrons. The first-order valence-corrected chi connectivity index (χ1v) is 8.92. The molecule has 2 heterocycles. The highest BCUT2D eigenvalue weighted by atomic mass is 32.1. The number of aromatic nitrogens is 1. The monoisotopic (exact) mass is 334 g/mol. The van der Waals surface area contributed by atoms with Crippen LogP contribution in [-0.4, -0.2) is 22.3 Å². The van der Waals surface area contributed by atoms with Crippen molar-refractivity contribution in [1.29, 1.82) is 0 Å². The van der Waals surface area contributed by atoms with Gasteiger partial charge in [-0.2, -0.15) is 0 Å². The fraction of sp³-hybridized carbons (Fsp3) is 0.200. The zero-order valence-corrected chi connectivity index (χ0v) is 14.3. The predicted molar refractivity (Wildman–Crippen MR) is 97.2 cm³/mol. The molecule has 4 rings (SSSR count). The highest BCUT2D eigenvalue weighted by molar-refractivity contribution is 7.15. The third-order valence-electron chi connectivity index (χ3n) is 4.30. The van der Waals surface area contributed by atoms with Crippen molar-refractivity contribution in [2.24, 2.45) is 0 Å². The number of benzene rings is 2. The lowest BCUT2D eigenvalue weighted by Crippen LogP contribution is -2.35. The zero-order chi connectivity index (χ0) is 16.5. The normalized spacial score (nSPS) is 13.6. The van der Waals surface area contributed by atoms with E-state index in [9.17, 15) is 4.79 Å². The van der Waals surface area contributed by atoms with Gasteiger partial charge in [0, 0.05) is 29.0 Å². The molecule has 0 N–H and O–H groups in total. The van der Waals surface area contributed by atoms with Crippen molar-refractivity contribution in [2.75, 3.05) is 6.54 Å². The third-order valence-corrected chi connectivity index (χ3v) is 5.44. The molecule has 24 heavy (non-hydrogen) atoms. The Labute approximate surface area is 145 Å². The molecule has 0 saturated carbocycles. The summed E-state index contributed by atoms with van der Waals surface area (Å²) in [5.41, 5.74) is 4.18. The Kier molecular flexibility index (Phi) is 3.90. The molecule has 0 saturated heterocycles. The van der Waals surface area contributed by atoms with Crippen molar-refractivity contribution in [3.8, 4) is 10.6 Å². The summed E-state index contributed by atoms with van der Waals surface area (Å²) in [6.07, 6.45) is 0.830. The molecule has 1 amide bonds. The van der Waals surface area contributed by atoms with Gasteiger partial charge in [-0.3, -0.25) is 4.79 Å². The zero-order valence-electron chi connectivity index (χ0n) is 13.5. The van der Waals surface area contributed by atoms with E-state index in [4.69, 9.17) is 4.98 Å². The second-order valence-corrected chi connectivity index (χ2v) is 7.18. The van der Waals surface area contributed by atoms with Crippen molar-refractivity contribution < 1.29 is 4.79 Å². The fourth-order valence-electron chi connectivity index (χ4n) is 3.03. The number of amides is 1. The average Bonchev–Trinajstić information content (AvgIpc) is 3.05. The van der Waals surface area contributed by atoms with Crippen LogP contribution < -0.4 is 0 Å². The van der Waals surface area contributed by atoms with Crippen LogP contribution in [0.2, 0.25) is 0 Å². The van der Waals surface area contributed by atoms with Gasteiger partial charge in [-0.15, -0.1) is 11.3 Å². The predicted octanol–water partition coefficient (Wildman–Crippen LogP) is 4.32. The second kappa shape index (κ2) is 6.21. The smallest absolute Gasteiger partial charge is 0.254 e. The summed E-state index contributed by atoms with van der Waals surface area (Å²) < 4.78 is 0. The number of carbonyl (C=O) groups excluding carboxylic acids is 1. The topological polar surface area (TPSA) is 33.2 Å². The van der Waals surface area contributed by atoms with Crippen LogP contribution >= 0.6 is 11.3 Å². The molecule has 0 atom stereocenters. The summed E-state index contributed by atoms with van der Waals surface area (Å²) in [5, 5.41) is 1.05. The van der Waals surface area contributed by atoms with Crippen molar-refractivity contribution >= 4 is 17.2 Å². The maximum absolute atomic E-state index is 12.7. The van der Waals surface area contributed by atoms with Gasteiger partial charge in [-0.25, -0.2) is 4.98 Å². The van der Waals surface area contributed by atoms with E-state index >= 15 is 0 Å². The molecule has 120 valence electrons. The Morgan fingerprint density at radius 3 is 2.75 bits per heavy atom. The van der Waals surface area contributed by atoms with Gasteiger partial charge in [0.25, 0.3) is 5.91 Å². The van der Waals surface area contributed by atoms with E-state index in [1.54, 1.807) is 11.3 Å². The van der Waals surface area contributed by atoms with Crippen LogP contribution in [0.4, 0.5) is 0 Å². The Hall–Kier alpha value is -2.46. The van der Waals surface area contributed by atoms with E-state index in [2.05, 4.69) is 12.1 Å². The number of thiazole rings is 1. The van der Waals surface area contributed by atoms with Crippen LogP contribution in [-0.2, 0) is 13.0 Å². The number of carbonyl (C=O) groups is 1. The van der Waals surface area contributed by atoms with E-state index in [0.717, 1.165) is 40.4 Å². The molecule has 1 aromatic heterocycles. The minimum Gasteiger partial charge on any atom is -0.333 e. The molecule has 4 heteroatoms. The minimum atomic E-state index is 0.110. The summed E-state index contributed by atoms with van der Waals surface area (Å²) >= 11 is 1.70. The van der Waals surface area contributed by atoms with E-state index in [1.165, 1.54) is 4.88 Å². The SMILES string of the molecule is Cc1cccc(C(=O)N2CCc3nc(-c4ccccc4)sc3C2)c1. The van der Waals surface area contributed by atoms with Crippen molar-refractivity contribution in [1.82, 2.24) is 9.88 Å². The average molecular weight is 334 g/mol. The summed E-state index contributed by atoms with van der Waals surface area (Å²) in [5.74, 6) is 0.110. The Bertz CT molecular complexity index is 886. The number of nitrogens with zero attached hydrogens (tertiary/aromatic N) is 2. The van der Waals surface area contributed by atoms with Gasteiger partial charge in [-0.1, -0.05) is 48.0 Å². The Morgan fingerprint density at radius 2 is 1.96 bits per heavy atom. The van der Waals surface area contributed by atoms with E-state index < -0.39 is 0 Å². The quantitative estimate of drug-likeness (QED) is 0.699. The van der Waals surface area contributed by atoms with Crippen LogP contribution in [0.25, 0.3) is 10.6 Å². The number of hydrogen-bond donors (Lipinski definition) is 0. The standard InChI is InChI=1S/C20H18N2OS/c1-14-6-5-9-16(12-14)20(23)22-11-10-17-18(13-22)24-19(21-17)15-7-3-2-4-8-15/h2-9,12H,10-11,13H2,1H3. The maximum Gasteiger partial charge on any atom is 0.254 e. The second-order valence-electron chi connectivity index (χ2n) is 6.10. The van der Waals surface area contributed by atoms with Gasteiger partial charge in [-0.05, 0) is 19.1 Å². The molecular formula is C20H18N2OS. The summed E-state index contributed by atoms with van der Waals surface area (Å²) in [4.78, 5) is 20.7. The van der Waals surface area contributed by atoms with Crippen LogP contribution in [0.3, 0.4) is 0 Å². The molecule has 0 fully saturated rings. The molecule has 0 aliphatic carbocycles. The molecule has 3 nitrogen and oxygen atoms in total. The molecule has 1 aliphatic heterocycles. The highest BCUT2D eigenvalue weighted by Gasteiger charge is 2.25. The lowest BCUT2D eigenvalue weighted by atomic mass is 10.1. The van der Waals surface area contributed by atoms with Crippen LogP contribution in [0.15, 0.2) is 54.6 Å². The van der Waals surface area contributed by atoms with Gasteiger partial charge in [0.1, 0.15) is 5.01 Å². The van der Waals surface area contributed by atoms with Gasteiger partial charge < -0.3 is 4.90 Å². The largest absolute Gasteiger partial charge is 0.333 e. The van der Waals surface area contributed by atoms with Gasteiger partial charge in [0.2, 0.25) is 0 Å². The molecule has 3 aromatic rings. The van der Waals surface area contributed by atoms with E-state index in [0.29, 0.717) is 6.54 Å². The van der Waals surface area contributed by atoms with Crippen molar-refractivity contribution in [3.63, 3.8) is 0 Å². The Morgan fingerprint density at radius 1 is 1.12 bits per heavy atom. The van der Waals surface area contributed by atoms with Gasteiger partial charge >= 0.3 is 0 Å². The highest BCUT2D eigenvalue weighted by Crippen LogP contribution is 2.32. The molecule has 0 spiro atoms. The van der Waals surface area contributed by atoms with Crippen LogP contribution in [0.1, 0.15) is 26.5 Å². The maximum atomic E-state index is 12.7. The van der Waals surface area contributed by atoms with E-state index in [1.807, 2.05) is 54.3 Å². The first-order valence-electron chi connectivity index (χ1n) is 8.10. The number of fused-ring (bicyclic) bond motifs is 1. The third kappa shape index (κ3) is 2.85. The molecule has 1 aliphatic rings. The summed E-state index contributed by atoms with van der Waals surface area (Å²) in [6, 6.07) is 18.1. The molecule has 0 unspecified atom stereocenters. The number of hydrogen-bond acceptors (Lipinski definition) is 3. The lowest BCUT2D eigenvalue weighted by molar-refractivity contribution is 0.0736. The number of rotatable bonds is 2.